The maximum atomic E-state index is 9.87. The van der Waals surface area contributed by atoms with Crippen molar-refractivity contribution in [2.45, 2.75) is 0 Å². The van der Waals surface area contributed by atoms with Gasteiger partial charge in [-0.25, -0.2) is 0 Å². The zero-order valence-electron chi connectivity index (χ0n) is 9.46. The van der Waals surface area contributed by atoms with E-state index in [1.165, 1.54) is 0 Å². The van der Waals surface area contributed by atoms with Crippen LogP contribution in [0.1, 0.15) is 1.43 Å². The van der Waals surface area contributed by atoms with Crippen molar-refractivity contribution in [3.8, 4) is 0 Å². The Morgan fingerprint density at radius 1 is 1.19 bits per heavy atom. The van der Waals surface area contributed by atoms with Gasteiger partial charge in [-0.15, -0.1) is 0 Å². The third-order valence-corrected chi connectivity index (χ3v) is 1.35. The predicted octanol–water partition coefficient (Wildman–Crippen LogP) is 3.12. The van der Waals surface area contributed by atoms with Crippen molar-refractivity contribution in [1.82, 2.24) is 9.80 Å². The number of hydrogen-bond acceptors (Lipinski definition) is 3. The van der Waals surface area contributed by atoms with Crippen LogP contribution in [-0.2, 0) is 0 Å². The molecule has 0 aromatic rings. The first-order chi connectivity index (χ1) is 6.78. The fourth-order valence-corrected chi connectivity index (χ4v) is 0.900. The fourth-order valence-electron chi connectivity index (χ4n) is 0.900. The second-order valence-electron chi connectivity index (χ2n) is 3.26. The second-order valence-corrected chi connectivity index (χ2v) is 5.17. The molecule has 3 nitrogen and oxygen atoms in total. The second kappa shape index (κ2) is 3.96. The van der Waals surface area contributed by atoms with Crippen LogP contribution in [0.3, 0.4) is 0 Å². The number of nitrogens with two attached hydrogens (primary N) is 1. The molecule has 0 radical (unpaired) electrons. The van der Waals surface area contributed by atoms with Gasteiger partial charge in [0.25, 0.3) is 0 Å². The number of rotatable bonds is 2. The first kappa shape index (κ1) is 15.3. The molecule has 100 valence electrons. The average molecular weight is 273 g/mol. The fraction of sp³-hybridized carbons (Fsp3) is 0.667. The Morgan fingerprint density at radius 3 is 1.88 bits per heavy atom. The van der Waals surface area contributed by atoms with E-state index in [0.29, 0.717) is 0 Å². The molecule has 0 saturated carbocycles. The summed E-state index contributed by atoms with van der Waals surface area (Å²) in [6.45, 7) is 2.68. The van der Waals surface area contributed by atoms with Crippen LogP contribution in [0.25, 0.3) is 0 Å². The normalized spacial score (nSPS) is 20.0. The van der Waals surface area contributed by atoms with E-state index in [1.807, 2.05) is 7.05 Å². The van der Waals surface area contributed by atoms with E-state index in [-0.39, 0.29) is 1.43 Å². The van der Waals surface area contributed by atoms with Crippen LogP contribution < -0.4 is 5.73 Å². The number of nitrogens with zero attached hydrogens (tertiary/aromatic N) is 2. The largest absolute Gasteiger partial charge is 1.00 e. The molecule has 0 aliphatic carbocycles. The minimum absolute atomic E-state index is 0. The van der Waals surface area contributed by atoms with Gasteiger partial charge in [0.05, 0.1) is 6.67 Å². The van der Waals surface area contributed by atoms with Gasteiger partial charge in [0, 0.05) is 32.5 Å². The smallest absolute Gasteiger partial charge is 1.00 e. The van der Waals surface area contributed by atoms with Gasteiger partial charge in [0.15, 0.2) is 0 Å². The molecule has 0 atom stereocenters. The first-order valence-electron chi connectivity index (χ1n) is 4.17. The van der Waals surface area contributed by atoms with Crippen molar-refractivity contribution >= 4 is 7.81 Å². The van der Waals surface area contributed by atoms with E-state index in [1.54, 1.807) is 0 Å². The molecule has 0 spiro atoms. The van der Waals surface area contributed by atoms with E-state index in [4.69, 9.17) is 5.73 Å². The molecule has 2 N–H and O–H groups in total. The van der Waals surface area contributed by atoms with Gasteiger partial charge < -0.3 is 15.5 Å². The minimum atomic E-state index is -10.7. The Labute approximate surface area is 90.2 Å². The van der Waals surface area contributed by atoms with Crippen LogP contribution in [0.15, 0.2) is 12.4 Å². The Kier molecular flexibility index (Phi) is 3.79. The predicted molar refractivity (Wildman–Crippen MR) is 52.2 cm³/mol. The molecule has 0 saturated heterocycles. The van der Waals surface area contributed by atoms with Crippen LogP contribution in [0.2, 0.25) is 0 Å². The van der Waals surface area contributed by atoms with Gasteiger partial charge in [-0.3, -0.25) is 0 Å². The molecule has 0 unspecified atom stereocenters. The first-order valence-corrected chi connectivity index (χ1v) is 6.20. The average Bonchev–Trinajstić information content (AvgIpc) is 2.29. The summed E-state index contributed by atoms with van der Waals surface area (Å²) in [6.07, 6.45) is 4.11. The Hall–Kier alpha value is -0.690. The van der Waals surface area contributed by atoms with Crippen molar-refractivity contribution in [3.05, 3.63) is 12.4 Å². The molecule has 1 aliphatic rings. The van der Waals surface area contributed by atoms with Crippen LogP contribution in [-0.4, -0.2) is 36.6 Å². The third kappa shape index (κ3) is 15.8. The van der Waals surface area contributed by atoms with Gasteiger partial charge in [0.2, 0.25) is 0 Å². The van der Waals surface area contributed by atoms with Gasteiger partial charge in [-0.2, -0.15) is 0 Å². The molecular formula is C6H14F6N3P. The van der Waals surface area contributed by atoms with Crippen LogP contribution >= 0.6 is 7.81 Å². The molecular weight excluding hydrogens is 259 g/mol. The van der Waals surface area contributed by atoms with Crippen LogP contribution in [0.4, 0.5) is 25.2 Å². The Balaban J connectivity index is 0. The summed E-state index contributed by atoms with van der Waals surface area (Å²) in [6, 6.07) is 0. The topological polar surface area (TPSA) is 32.5 Å². The quantitative estimate of drug-likeness (QED) is 0.619. The SMILES string of the molecule is CN1C=CN(CCN)C1.F[P-](F)(F)(F)(F)F.[H+]. The number of hydrogen-bond donors (Lipinski definition) is 1. The van der Waals surface area contributed by atoms with Crippen LogP contribution in [0, 0.1) is 0 Å². The zero-order valence-corrected chi connectivity index (χ0v) is 9.36. The summed E-state index contributed by atoms with van der Waals surface area (Å²) in [5.74, 6) is 0. The van der Waals surface area contributed by atoms with Gasteiger partial charge >= 0.3 is 34.4 Å². The summed E-state index contributed by atoms with van der Waals surface area (Å²) < 4.78 is 59.2. The molecule has 1 heterocycles. The molecule has 1 rings (SSSR count). The Morgan fingerprint density at radius 2 is 1.62 bits per heavy atom. The summed E-state index contributed by atoms with van der Waals surface area (Å²) in [4.78, 5) is 4.30. The van der Waals surface area contributed by atoms with Crippen molar-refractivity contribution in [2.75, 3.05) is 26.8 Å². The molecule has 0 aromatic carbocycles. The molecule has 10 heteroatoms. The van der Waals surface area contributed by atoms with Crippen LogP contribution in [0.5, 0.6) is 0 Å². The summed E-state index contributed by atoms with van der Waals surface area (Å²) in [5, 5.41) is 0. The molecule has 1 aliphatic heterocycles. The third-order valence-electron chi connectivity index (χ3n) is 1.35. The van der Waals surface area contributed by atoms with Crippen molar-refractivity contribution < 1.29 is 26.6 Å². The van der Waals surface area contributed by atoms with Crippen molar-refractivity contribution in [1.29, 1.82) is 0 Å². The van der Waals surface area contributed by atoms with E-state index in [0.717, 1.165) is 19.8 Å². The Bertz CT molecular complexity index is 253. The summed E-state index contributed by atoms with van der Waals surface area (Å²) >= 11 is 0. The minimum Gasteiger partial charge on any atom is 1.00 e. The van der Waals surface area contributed by atoms with Gasteiger partial charge in [-0.1, -0.05) is 0 Å². The van der Waals surface area contributed by atoms with E-state index in [9.17, 15) is 25.2 Å². The summed E-state index contributed by atoms with van der Waals surface area (Å²) in [7, 11) is -8.61. The van der Waals surface area contributed by atoms with Crippen molar-refractivity contribution in [3.63, 3.8) is 0 Å². The maximum Gasteiger partial charge on any atom is 1.00 e. The number of halogens is 6. The monoisotopic (exact) mass is 273 g/mol. The van der Waals surface area contributed by atoms with Crippen molar-refractivity contribution in [2.24, 2.45) is 5.73 Å². The standard InChI is InChI=1S/C6H13N3.F6P/c1-8-4-5-9(6-8)3-2-7;1-7(2,3,4,5)6/h4-5H,2-3,6-7H2,1H3;/q;-1/p+1. The van der Waals surface area contributed by atoms with E-state index < -0.39 is 7.81 Å². The molecule has 0 fully saturated rings. The zero-order chi connectivity index (χ0) is 13.1. The van der Waals surface area contributed by atoms with Gasteiger partial charge in [0.1, 0.15) is 0 Å². The summed E-state index contributed by atoms with van der Waals surface area (Å²) in [5.41, 5.74) is 5.36. The molecule has 0 bridgehead atoms. The maximum absolute atomic E-state index is 10.7. The van der Waals surface area contributed by atoms with Gasteiger partial charge in [-0.05, 0) is 0 Å². The van der Waals surface area contributed by atoms with E-state index >= 15 is 0 Å². The van der Waals surface area contributed by atoms with E-state index in [2.05, 4.69) is 22.2 Å². The molecule has 0 amide bonds. The molecule has 16 heavy (non-hydrogen) atoms. The molecule has 0 aromatic heterocycles.